The number of methoxy groups -OCH3 is 2. The maximum atomic E-state index is 5.97. The summed E-state index contributed by atoms with van der Waals surface area (Å²) in [6.07, 6.45) is 6.13. The highest BCUT2D eigenvalue weighted by molar-refractivity contribution is 4.88. The van der Waals surface area contributed by atoms with E-state index in [9.17, 15) is 0 Å². The molecule has 2 unspecified atom stereocenters. The van der Waals surface area contributed by atoms with Crippen molar-refractivity contribution in [1.82, 2.24) is 9.80 Å². The van der Waals surface area contributed by atoms with E-state index in [4.69, 9.17) is 15.2 Å². The van der Waals surface area contributed by atoms with Crippen LogP contribution in [0.25, 0.3) is 0 Å². The van der Waals surface area contributed by atoms with Gasteiger partial charge in [-0.3, -0.25) is 9.80 Å². The molecule has 2 fully saturated rings. The SMILES string of the molecule is COC(CC(CN)N1CCC(N2CCCCC2)C1)OC. The highest BCUT2D eigenvalue weighted by atomic mass is 16.7. The summed E-state index contributed by atoms with van der Waals surface area (Å²) in [5, 5.41) is 0. The molecule has 0 spiro atoms. The van der Waals surface area contributed by atoms with E-state index in [1.165, 1.54) is 38.8 Å². The van der Waals surface area contributed by atoms with Gasteiger partial charge in [0.2, 0.25) is 0 Å². The molecule has 5 heteroatoms. The molecule has 5 nitrogen and oxygen atoms in total. The Morgan fingerprint density at radius 3 is 2.40 bits per heavy atom. The van der Waals surface area contributed by atoms with Crippen LogP contribution in [0, 0.1) is 0 Å². The predicted octanol–water partition coefficient (Wildman–Crippen LogP) is 0.883. The highest BCUT2D eigenvalue weighted by Crippen LogP contribution is 2.23. The van der Waals surface area contributed by atoms with Crippen LogP contribution < -0.4 is 5.73 Å². The van der Waals surface area contributed by atoms with Crippen molar-refractivity contribution in [1.29, 1.82) is 0 Å². The molecule has 2 heterocycles. The lowest BCUT2D eigenvalue weighted by Crippen LogP contribution is -2.45. The first-order valence-electron chi connectivity index (χ1n) is 8.02. The summed E-state index contributed by atoms with van der Waals surface area (Å²) in [6.45, 7) is 5.55. The number of nitrogens with zero attached hydrogens (tertiary/aromatic N) is 2. The van der Waals surface area contributed by atoms with Gasteiger partial charge in [-0.15, -0.1) is 0 Å². The van der Waals surface area contributed by atoms with Crippen LogP contribution in [0.1, 0.15) is 32.1 Å². The molecule has 2 atom stereocenters. The predicted molar refractivity (Wildman–Crippen MR) is 80.7 cm³/mol. The first kappa shape index (κ1) is 16.2. The lowest BCUT2D eigenvalue weighted by Gasteiger charge is -2.34. The third-order valence-electron chi connectivity index (χ3n) is 4.88. The van der Waals surface area contributed by atoms with Crippen molar-refractivity contribution < 1.29 is 9.47 Å². The van der Waals surface area contributed by atoms with E-state index >= 15 is 0 Å². The van der Waals surface area contributed by atoms with E-state index < -0.39 is 0 Å². The summed E-state index contributed by atoms with van der Waals surface area (Å²) >= 11 is 0. The fourth-order valence-corrected chi connectivity index (χ4v) is 3.59. The zero-order valence-corrected chi connectivity index (χ0v) is 13.1. The summed E-state index contributed by atoms with van der Waals surface area (Å²) in [4.78, 5) is 5.21. The van der Waals surface area contributed by atoms with Crippen molar-refractivity contribution in [2.24, 2.45) is 5.73 Å². The second kappa shape index (κ2) is 8.29. The van der Waals surface area contributed by atoms with Crippen LogP contribution in [-0.2, 0) is 9.47 Å². The van der Waals surface area contributed by atoms with E-state index in [0.29, 0.717) is 12.6 Å². The Labute approximate surface area is 123 Å². The molecule has 0 aliphatic carbocycles. The van der Waals surface area contributed by atoms with E-state index in [0.717, 1.165) is 25.6 Å². The summed E-state index contributed by atoms with van der Waals surface area (Å²) in [6, 6.07) is 1.10. The monoisotopic (exact) mass is 285 g/mol. The Bertz CT molecular complexity index is 268. The number of hydrogen-bond acceptors (Lipinski definition) is 5. The molecular weight excluding hydrogens is 254 g/mol. The lowest BCUT2D eigenvalue weighted by molar-refractivity contribution is -0.115. The Morgan fingerprint density at radius 2 is 1.80 bits per heavy atom. The highest BCUT2D eigenvalue weighted by Gasteiger charge is 2.32. The molecule has 0 aromatic heterocycles. The minimum absolute atomic E-state index is 0.141. The molecular formula is C15H31N3O2. The van der Waals surface area contributed by atoms with Crippen LogP contribution in [-0.4, -0.2) is 75.1 Å². The molecule has 20 heavy (non-hydrogen) atoms. The quantitative estimate of drug-likeness (QED) is 0.704. The van der Waals surface area contributed by atoms with Crippen LogP contribution in [0.5, 0.6) is 0 Å². The van der Waals surface area contributed by atoms with Gasteiger partial charge in [-0.05, 0) is 32.4 Å². The zero-order valence-electron chi connectivity index (χ0n) is 13.1. The van der Waals surface area contributed by atoms with Crippen molar-refractivity contribution in [2.75, 3.05) is 46.9 Å². The Balaban J connectivity index is 1.82. The minimum Gasteiger partial charge on any atom is -0.356 e. The van der Waals surface area contributed by atoms with Crippen LogP contribution in [0.4, 0.5) is 0 Å². The minimum atomic E-state index is -0.141. The van der Waals surface area contributed by atoms with Crippen LogP contribution in [0.2, 0.25) is 0 Å². The van der Waals surface area contributed by atoms with Gasteiger partial charge < -0.3 is 15.2 Å². The number of likely N-dealkylation sites (tertiary alicyclic amines) is 2. The number of rotatable bonds is 7. The van der Waals surface area contributed by atoms with Crippen molar-refractivity contribution in [3.63, 3.8) is 0 Å². The molecule has 2 aliphatic heterocycles. The van der Waals surface area contributed by atoms with Gasteiger partial charge >= 0.3 is 0 Å². The molecule has 0 bridgehead atoms. The largest absolute Gasteiger partial charge is 0.356 e. The summed E-state index contributed by atoms with van der Waals surface area (Å²) in [5.74, 6) is 0. The average Bonchev–Trinajstić information content (AvgIpc) is 2.99. The second-order valence-electron chi connectivity index (χ2n) is 6.06. The first-order valence-corrected chi connectivity index (χ1v) is 8.02. The van der Waals surface area contributed by atoms with Gasteiger partial charge in [-0.2, -0.15) is 0 Å². The van der Waals surface area contributed by atoms with Crippen molar-refractivity contribution in [3.05, 3.63) is 0 Å². The topological polar surface area (TPSA) is 51.0 Å². The summed E-state index contributed by atoms with van der Waals surface area (Å²) in [5.41, 5.74) is 5.97. The maximum absolute atomic E-state index is 5.97. The Hall–Kier alpha value is -0.200. The standard InChI is InChI=1S/C15H31N3O2/c1-19-15(20-2)10-14(11-16)18-9-6-13(12-18)17-7-4-3-5-8-17/h13-15H,3-12,16H2,1-2H3. The molecule has 0 saturated carbocycles. The molecule has 0 amide bonds. The molecule has 2 N–H and O–H groups in total. The van der Waals surface area contributed by atoms with Crippen LogP contribution in [0.15, 0.2) is 0 Å². The van der Waals surface area contributed by atoms with Crippen molar-refractivity contribution in [2.45, 2.75) is 50.5 Å². The maximum Gasteiger partial charge on any atom is 0.158 e. The van der Waals surface area contributed by atoms with Crippen molar-refractivity contribution in [3.8, 4) is 0 Å². The normalized spacial score (nSPS) is 27.3. The molecule has 2 saturated heterocycles. The smallest absolute Gasteiger partial charge is 0.158 e. The third-order valence-corrected chi connectivity index (χ3v) is 4.88. The molecule has 2 aliphatic rings. The van der Waals surface area contributed by atoms with E-state index in [2.05, 4.69) is 9.80 Å². The number of nitrogens with two attached hydrogens (primary N) is 1. The lowest BCUT2D eigenvalue weighted by atomic mass is 10.1. The summed E-state index contributed by atoms with van der Waals surface area (Å²) in [7, 11) is 3.39. The van der Waals surface area contributed by atoms with Crippen molar-refractivity contribution >= 4 is 0 Å². The van der Waals surface area contributed by atoms with Crippen LogP contribution in [0.3, 0.4) is 0 Å². The van der Waals surface area contributed by atoms with Gasteiger partial charge in [0.25, 0.3) is 0 Å². The number of hydrogen-bond donors (Lipinski definition) is 1. The molecule has 118 valence electrons. The number of piperidine rings is 1. The first-order chi connectivity index (χ1) is 9.78. The fraction of sp³-hybridized carbons (Fsp3) is 1.00. The molecule has 2 rings (SSSR count). The fourth-order valence-electron chi connectivity index (χ4n) is 3.59. The Morgan fingerprint density at radius 1 is 1.10 bits per heavy atom. The third kappa shape index (κ3) is 4.15. The summed E-state index contributed by atoms with van der Waals surface area (Å²) < 4.78 is 10.6. The van der Waals surface area contributed by atoms with Gasteiger partial charge in [-0.25, -0.2) is 0 Å². The molecule has 0 aromatic rings. The van der Waals surface area contributed by atoms with E-state index in [1.807, 2.05) is 0 Å². The van der Waals surface area contributed by atoms with Gasteiger partial charge in [-0.1, -0.05) is 6.42 Å². The van der Waals surface area contributed by atoms with Gasteiger partial charge in [0.1, 0.15) is 0 Å². The second-order valence-corrected chi connectivity index (χ2v) is 6.06. The Kier molecular flexibility index (Phi) is 6.71. The van der Waals surface area contributed by atoms with E-state index in [1.54, 1.807) is 14.2 Å². The average molecular weight is 285 g/mol. The van der Waals surface area contributed by atoms with Gasteiger partial charge in [0.15, 0.2) is 6.29 Å². The van der Waals surface area contributed by atoms with Crippen LogP contribution >= 0.6 is 0 Å². The molecule has 0 radical (unpaired) electrons. The zero-order chi connectivity index (χ0) is 14.4. The number of ether oxygens (including phenoxy) is 2. The molecule has 0 aromatic carbocycles. The van der Waals surface area contributed by atoms with Gasteiger partial charge in [0, 0.05) is 52.4 Å². The van der Waals surface area contributed by atoms with E-state index in [-0.39, 0.29) is 6.29 Å². The van der Waals surface area contributed by atoms with Gasteiger partial charge in [0.05, 0.1) is 0 Å².